The van der Waals surface area contributed by atoms with E-state index in [2.05, 4.69) is 86.7 Å². The number of ether oxygens (including phenoxy) is 1. The highest BCUT2D eigenvalue weighted by Gasteiger charge is 2.45. The third-order valence-electron chi connectivity index (χ3n) is 6.10. The maximum absolute atomic E-state index is 7.12. The Morgan fingerprint density at radius 2 is 1.57 bits per heavy atom. The van der Waals surface area contributed by atoms with Gasteiger partial charge < -0.3 is 9.16 Å². The molecule has 0 amide bonds. The SMILES string of the molecule is CCCCC/C=C/C1(O[SiH](c2ccccc2)c2ccccc2)OCCC1CCCC. The molecular weight excluding hydrogens is 384 g/mol. The Kier molecular flexibility index (Phi) is 9.38. The Morgan fingerprint density at radius 1 is 0.933 bits per heavy atom. The van der Waals surface area contributed by atoms with Gasteiger partial charge in [0.15, 0.2) is 5.79 Å². The van der Waals surface area contributed by atoms with Crippen molar-refractivity contribution < 1.29 is 9.16 Å². The van der Waals surface area contributed by atoms with E-state index in [4.69, 9.17) is 9.16 Å². The van der Waals surface area contributed by atoms with Crippen LogP contribution < -0.4 is 10.4 Å². The number of allylic oxidation sites excluding steroid dienone is 1. The van der Waals surface area contributed by atoms with E-state index >= 15 is 0 Å². The molecule has 0 aliphatic carbocycles. The number of unbranched alkanes of at least 4 members (excludes halogenated alkanes) is 4. The summed E-state index contributed by atoms with van der Waals surface area (Å²) in [5.41, 5.74) is 0. The van der Waals surface area contributed by atoms with Crippen molar-refractivity contribution in [3.8, 4) is 0 Å². The predicted molar refractivity (Wildman–Crippen MR) is 130 cm³/mol. The van der Waals surface area contributed by atoms with Gasteiger partial charge in [-0.15, -0.1) is 0 Å². The Morgan fingerprint density at radius 3 is 2.17 bits per heavy atom. The molecular formula is C27H38O2Si. The lowest BCUT2D eigenvalue weighted by Gasteiger charge is -2.36. The first-order valence-corrected chi connectivity index (χ1v) is 13.5. The molecule has 1 aliphatic heterocycles. The van der Waals surface area contributed by atoms with Gasteiger partial charge in [0.05, 0.1) is 6.61 Å². The van der Waals surface area contributed by atoms with E-state index in [1.54, 1.807) is 0 Å². The van der Waals surface area contributed by atoms with Crippen molar-refractivity contribution in [2.75, 3.05) is 6.61 Å². The second-order valence-electron chi connectivity index (χ2n) is 8.42. The first kappa shape index (κ1) is 23.0. The summed E-state index contributed by atoms with van der Waals surface area (Å²) in [5.74, 6) is -0.147. The van der Waals surface area contributed by atoms with Crippen LogP contribution in [-0.2, 0) is 9.16 Å². The van der Waals surface area contributed by atoms with Gasteiger partial charge in [0.2, 0.25) is 9.04 Å². The van der Waals surface area contributed by atoms with Gasteiger partial charge in [0, 0.05) is 5.92 Å². The molecule has 3 heteroatoms. The van der Waals surface area contributed by atoms with E-state index < -0.39 is 14.8 Å². The average molecular weight is 423 g/mol. The van der Waals surface area contributed by atoms with Gasteiger partial charge in [-0.1, -0.05) is 106 Å². The van der Waals surface area contributed by atoms with Crippen LogP contribution in [0.2, 0.25) is 0 Å². The summed E-state index contributed by atoms with van der Waals surface area (Å²) in [4.78, 5) is 0. The van der Waals surface area contributed by atoms with E-state index in [1.807, 2.05) is 0 Å². The number of rotatable bonds is 12. The normalized spacial score (nSPS) is 21.6. The first-order valence-electron chi connectivity index (χ1n) is 11.9. The van der Waals surface area contributed by atoms with E-state index in [1.165, 1.54) is 48.9 Å². The van der Waals surface area contributed by atoms with Crippen molar-refractivity contribution in [2.45, 2.75) is 71.0 Å². The third-order valence-corrected chi connectivity index (χ3v) is 8.69. The molecule has 2 unspecified atom stereocenters. The molecule has 1 aliphatic rings. The Labute approximate surface area is 185 Å². The average Bonchev–Trinajstić information content (AvgIpc) is 3.19. The number of benzene rings is 2. The summed E-state index contributed by atoms with van der Waals surface area (Å²) in [5, 5.41) is 2.62. The zero-order valence-corrected chi connectivity index (χ0v) is 19.9. The second-order valence-corrected chi connectivity index (χ2v) is 10.7. The summed E-state index contributed by atoms with van der Waals surface area (Å²) in [7, 11) is -1.88. The van der Waals surface area contributed by atoms with Crippen LogP contribution in [0.5, 0.6) is 0 Å². The molecule has 1 heterocycles. The molecule has 2 aromatic rings. The van der Waals surface area contributed by atoms with Crippen LogP contribution >= 0.6 is 0 Å². The quantitative estimate of drug-likeness (QED) is 0.252. The minimum absolute atomic E-state index is 0.433. The fourth-order valence-corrected chi connectivity index (χ4v) is 6.87. The smallest absolute Gasteiger partial charge is 0.244 e. The lowest BCUT2D eigenvalue weighted by molar-refractivity contribution is -0.136. The molecule has 30 heavy (non-hydrogen) atoms. The highest BCUT2D eigenvalue weighted by molar-refractivity contribution is 6.80. The number of hydrogen-bond acceptors (Lipinski definition) is 2. The van der Waals surface area contributed by atoms with E-state index in [9.17, 15) is 0 Å². The van der Waals surface area contributed by atoms with Crippen molar-refractivity contribution in [1.82, 2.24) is 0 Å². The second kappa shape index (κ2) is 12.2. The summed E-state index contributed by atoms with van der Waals surface area (Å²) in [6.45, 7) is 5.31. The molecule has 0 bridgehead atoms. The summed E-state index contributed by atoms with van der Waals surface area (Å²) in [6, 6.07) is 21.5. The molecule has 0 spiro atoms. The molecule has 1 fully saturated rings. The Hall–Kier alpha value is -1.68. The van der Waals surface area contributed by atoms with E-state index in [-0.39, 0.29) is 0 Å². The van der Waals surface area contributed by atoms with Crippen molar-refractivity contribution in [3.63, 3.8) is 0 Å². The van der Waals surface area contributed by atoms with Crippen molar-refractivity contribution in [3.05, 3.63) is 72.8 Å². The fraction of sp³-hybridized carbons (Fsp3) is 0.481. The minimum atomic E-state index is -1.88. The van der Waals surface area contributed by atoms with Gasteiger partial charge >= 0.3 is 0 Å². The molecule has 3 rings (SSSR count). The van der Waals surface area contributed by atoms with E-state index in [0.29, 0.717) is 5.92 Å². The van der Waals surface area contributed by atoms with Gasteiger partial charge in [-0.2, -0.15) is 0 Å². The lowest BCUT2D eigenvalue weighted by Crippen LogP contribution is -2.53. The monoisotopic (exact) mass is 422 g/mol. The van der Waals surface area contributed by atoms with Crippen molar-refractivity contribution >= 4 is 19.4 Å². The van der Waals surface area contributed by atoms with Gasteiger partial charge in [0.1, 0.15) is 0 Å². The highest BCUT2D eigenvalue weighted by Crippen LogP contribution is 2.39. The molecule has 2 aromatic carbocycles. The fourth-order valence-electron chi connectivity index (χ4n) is 4.36. The highest BCUT2D eigenvalue weighted by atomic mass is 28.3. The summed E-state index contributed by atoms with van der Waals surface area (Å²) >= 11 is 0. The molecule has 0 N–H and O–H groups in total. The van der Waals surface area contributed by atoms with Crippen LogP contribution in [0.1, 0.15) is 65.2 Å². The van der Waals surface area contributed by atoms with Gasteiger partial charge in [-0.05, 0) is 42.1 Å². The molecule has 2 atom stereocenters. The van der Waals surface area contributed by atoms with Gasteiger partial charge in [-0.3, -0.25) is 0 Å². The largest absolute Gasteiger partial charge is 0.381 e. The Balaban J connectivity index is 1.90. The van der Waals surface area contributed by atoms with Crippen LogP contribution in [0.15, 0.2) is 72.8 Å². The minimum Gasteiger partial charge on any atom is -0.381 e. The topological polar surface area (TPSA) is 18.5 Å². The van der Waals surface area contributed by atoms with Crippen molar-refractivity contribution in [2.24, 2.45) is 5.92 Å². The number of hydrogen-bond donors (Lipinski definition) is 0. The summed E-state index contributed by atoms with van der Waals surface area (Å²) < 4.78 is 13.6. The van der Waals surface area contributed by atoms with E-state index in [0.717, 1.165) is 19.4 Å². The maximum atomic E-state index is 7.12. The molecule has 0 radical (unpaired) electrons. The zero-order valence-electron chi connectivity index (χ0n) is 18.8. The molecule has 162 valence electrons. The molecule has 1 saturated heterocycles. The van der Waals surface area contributed by atoms with Crippen LogP contribution in [0.3, 0.4) is 0 Å². The molecule has 0 saturated carbocycles. The summed E-state index contributed by atoms with van der Waals surface area (Å²) in [6.07, 6.45) is 14.2. The maximum Gasteiger partial charge on any atom is 0.244 e. The predicted octanol–water partition coefficient (Wildman–Crippen LogP) is 5.60. The van der Waals surface area contributed by atoms with Crippen molar-refractivity contribution in [1.29, 1.82) is 0 Å². The van der Waals surface area contributed by atoms with Crippen LogP contribution in [-0.4, -0.2) is 21.4 Å². The van der Waals surface area contributed by atoms with Gasteiger partial charge in [-0.25, -0.2) is 0 Å². The van der Waals surface area contributed by atoms with Crippen LogP contribution in [0.4, 0.5) is 0 Å². The third kappa shape index (κ3) is 6.16. The van der Waals surface area contributed by atoms with Crippen LogP contribution in [0, 0.1) is 5.92 Å². The molecule has 0 aromatic heterocycles. The Bertz CT molecular complexity index is 706. The van der Waals surface area contributed by atoms with Gasteiger partial charge in [0.25, 0.3) is 0 Å². The standard InChI is InChI=1S/C27H38O2Si/c1-3-5-7-8-15-22-27(24(16-6-4-2)21-23-28-27)29-30(25-17-11-9-12-18-25)26-19-13-10-14-20-26/h9-15,17-20,22,24,30H,3-8,16,21,23H2,1-2H3/b22-15+. The van der Waals surface area contributed by atoms with Crippen LogP contribution in [0.25, 0.3) is 0 Å². The lowest BCUT2D eigenvalue weighted by atomic mass is 9.91. The zero-order chi connectivity index (χ0) is 21.1. The first-order chi connectivity index (χ1) is 14.8. The molecule has 2 nitrogen and oxygen atoms in total.